The first-order valence-corrected chi connectivity index (χ1v) is 10.5. The molecule has 0 atom stereocenters. The fourth-order valence-corrected chi connectivity index (χ4v) is 4.26. The number of rotatable bonds is 5. The number of aryl methyl sites for hydroxylation is 2. The minimum absolute atomic E-state index is 0.164. The van der Waals surface area contributed by atoms with Gasteiger partial charge in [0.2, 0.25) is 5.13 Å². The van der Waals surface area contributed by atoms with E-state index in [9.17, 15) is 9.59 Å². The number of carbonyl (C=O) groups is 1. The summed E-state index contributed by atoms with van der Waals surface area (Å²) in [5, 5.41) is 6.76. The lowest BCUT2D eigenvalue weighted by molar-refractivity contribution is 0.103. The van der Waals surface area contributed by atoms with Crippen molar-refractivity contribution in [3.8, 4) is 5.13 Å². The molecule has 0 aliphatic heterocycles. The third kappa shape index (κ3) is 3.94. The van der Waals surface area contributed by atoms with Gasteiger partial charge in [0, 0.05) is 17.7 Å². The van der Waals surface area contributed by atoms with Crippen LogP contribution in [0.1, 0.15) is 32.2 Å². The third-order valence-corrected chi connectivity index (χ3v) is 6.19. The second-order valence-electron chi connectivity index (χ2n) is 6.86. The molecular weight excluding hydrogens is 420 g/mol. The summed E-state index contributed by atoms with van der Waals surface area (Å²) in [5.41, 5.74) is 3.41. The Bertz CT molecular complexity index is 1270. The summed E-state index contributed by atoms with van der Waals surface area (Å²) in [6.07, 6.45) is 0.527. The second-order valence-corrected chi connectivity index (χ2v) is 8.25. The van der Waals surface area contributed by atoms with E-state index in [4.69, 9.17) is 11.6 Å². The van der Waals surface area contributed by atoms with Gasteiger partial charge in [0.1, 0.15) is 4.88 Å². The topological polar surface area (TPSA) is 79.8 Å². The van der Waals surface area contributed by atoms with Crippen molar-refractivity contribution in [3.63, 3.8) is 0 Å². The molecule has 0 unspecified atom stereocenters. The molecule has 152 valence electrons. The van der Waals surface area contributed by atoms with Crippen LogP contribution >= 0.6 is 22.9 Å². The van der Waals surface area contributed by atoms with Gasteiger partial charge < -0.3 is 5.32 Å². The zero-order valence-electron chi connectivity index (χ0n) is 16.4. The number of carbonyl (C=O) groups excluding carboxylic acids is 1. The number of aromatic amines is 1. The maximum absolute atomic E-state index is 13.0. The summed E-state index contributed by atoms with van der Waals surface area (Å²) in [4.78, 5) is 30.6. The summed E-state index contributed by atoms with van der Waals surface area (Å²) in [7, 11) is 0. The van der Waals surface area contributed by atoms with E-state index in [1.807, 2.05) is 37.3 Å². The number of anilines is 1. The Balaban J connectivity index is 1.63. The van der Waals surface area contributed by atoms with E-state index in [1.165, 1.54) is 4.68 Å². The van der Waals surface area contributed by atoms with Gasteiger partial charge in [0.25, 0.3) is 11.5 Å². The normalized spacial score (nSPS) is 10.9. The standard InChI is InChI=1S/C22H19ClN4O2S/c1-13-16(12-15-8-4-3-5-9-15)21(29)27(26-13)22-24-14(2)19(30-22)20(28)25-18-11-7-6-10-17(18)23/h3-11,26H,12H2,1-2H3,(H,25,28). The van der Waals surface area contributed by atoms with E-state index in [2.05, 4.69) is 15.4 Å². The molecule has 0 saturated carbocycles. The summed E-state index contributed by atoms with van der Waals surface area (Å²) >= 11 is 7.28. The molecule has 6 nitrogen and oxygen atoms in total. The predicted octanol–water partition coefficient (Wildman–Crippen LogP) is 4.74. The Labute approximate surface area is 182 Å². The van der Waals surface area contributed by atoms with Crippen LogP contribution < -0.4 is 10.9 Å². The van der Waals surface area contributed by atoms with E-state index < -0.39 is 0 Å². The first-order valence-electron chi connectivity index (χ1n) is 9.32. The van der Waals surface area contributed by atoms with Crippen LogP contribution in [0.3, 0.4) is 0 Å². The molecule has 4 rings (SSSR count). The molecule has 2 N–H and O–H groups in total. The van der Waals surface area contributed by atoms with Crippen molar-refractivity contribution >= 4 is 34.5 Å². The van der Waals surface area contributed by atoms with Crippen LogP contribution in [0.25, 0.3) is 5.13 Å². The van der Waals surface area contributed by atoms with Crippen LogP contribution in [0.4, 0.5) is 5.69 Å². The minimum atomic E-state index is -0.315. The van der Waals surface area contributed by atoms with Gasteiger partial charge in [0.15, 0.2) is 0 Å². The van der Waals surface area contributed by atoms with E-state index in [0.29, 0.717) is 38.4 Å². The van der Waals surface area contributed by atoms with Gasteiger partial charge >= 0.3 is 0 Å². The van der Waals surface area contributed by atoms with Crippen molar-refractivity contribution in [3.05, 3.63) is 97.4 Å². The molecule has 4 aromatic rings. The Hall–Kier alpha value is -3.16. The van der Waals surface area contributed by atoms with Crippen molar-refractivity contribution < 1.29 is 4.79 Å². The lowest BCUT2D eigenvalue weighted by Crippen LogP contribution is -2.17. The van der Waals surface area contributed by atoms with E-state index >= 15 is 0 Å². The number of thiazole rings is 1. The van der Waals surface area contributed by atoms with Gasteiger partial charge in [-0.15, -0.1) is 0 Å². The highest BCUT2D eigenvalue weighted by Crippen LogP contribution is 2.25. The zero-order valence-corrected chi connectivity index (χ0v) is 18.0. The smallest absolute Gasteiger partial charge is 0.277 e. The Kier molecular flexibility index (Phi) is 5.57. The SMILES string of the molecule is Cc1nc(-n2[nH]c(C)c(Cc3ccccc3)c2=O)sc1C(=O)Nc1ccccc1Cl. The molecule has 0 bridgehead atoms. The molecule has 0 aliphatic rings. The third-order valence-electron chi connectivity index (χ3n) is 4.72. The number of H-pyrrole nitrogens is 1. The molecule has 1 amide bonds. The number of halogens is 1. The van der Waals surface area contributed by atoms with Gasteiger partial charge in [-0.05, 0) is 31.5 Å². The molecule has 0 saturated heterocycles. The quantitative estimate of drug-likeness (QED) is 0.472. The van der Waals surface area contributed by atoms with E-state index in [0.717, 1.165) is 22.6 Å². The molecule has 0 aliphatic carbocycles. The summed E-state index contributed by atoms with van der Waals surface area (Å²) in [6.45, 7) is 3.61. The molecule has 0 radical (unpaired) electrons. The van der Waals surface area contributed by atoms with Crippen molar-refractivity contribution in [2.75, 3.05) is 5.32 Å². The van der Waals surface area contributed by atoms with Gasteiger partial charge in [0.05, 0.1) is 16.4 Å². The zero-order chi connectivity index (χ0) is 21.3. The summed E-state index contributed by atoms with van der Waals surface area (Å²) in [6, 6.07) is 16.8. The molecule has 2 aromatic carbocycles. The summed E-state index contributed by atoms with van der Waals surface area (Å²) < 4.78 is 1.40. The monoisotopic (exact) mass is 438 g/mol. The first-order chi connectivity index (χ1) is 14.4. The number of hydrogen-bond acceptors (Lipinski definition) is 4. The molecule has 8 heteroatoms. The van der Waals surface area contributed by atoms with Crippen LogP contribution in [-0.4, -0.2) is 20.7 Å². The molecule has 2 aromatic heterocycles. The van der Waals surface area contributed by atoms with E-state index in [-0.39, 0.29) is 11.5 Å². The van der Waals surface area contributed by atoms with Crippen molar-refractivity contribution in [1.29, 1.82) is 0 Å². The van der Waals surface area contributed by atoms with Crippen LogP contribution in [0.2, 0.25) is 5.02 Å². The molecule has 2 heterocycles. The highest BCUT2D eigenvalue weighted by Gasteiger charge is 2.20. The first kappa shape index (κ1) is 20.1. The number of aromatic nitrogens is 3. The van der Waals surface area contributed by atoms with Crippen molar-refractivity contribution in [1.82, 2.24) is 14.8 Å². The van der Waals surface area contributed by atoms with Gasteiger partial charge in [-0.3, -0.25) is 14.7 Å². The molecule has 0 fully saturated rings. The van der Waals surface area contributed by atoms with Gasteiger partial charge in [-0.25, -0.2) is 4.98 Å². The Morgan fingerprint density at radius 2 is 1.83 bits per heavy atom. The lowest BCUT2D eigenvalue weighted by Gasteiger charge is -2.05. The van der Waals surface area contributed by atoms with E-state index in [1.54, 1.807) is 31.2 Å². The van der Waals surface area contributed by atoms with Crippen molar-refractivity contribution in [2.45, 2.75) is 20.3 Å². The summed E-state index contributed by atoms with van der Waals surface area (Å²) in [5.74, 6) is -0.315. The van der Waals surface area contributed by atoms with Crippen LogP contribution in [0, 0.1) is 13.8 Å². The van der Waals surface area contributed by atoms with Crippen molar-refractivity contribution in [2.24, 2.45) is 0 Å². The predicted molar refractivity (Wildman–Crippen MR) is 120 cm³/mol. The van der Waals surface area contributed by atoms with Crippen LogP contribution in [-0.2, 0) is 6.42 Å². The Morgan fingerprint density at radius 1 is 1.13 bits per heavy atom. The number of amides is 1. The molecular formula is C22H19ClN4O2S. The van der Waals surface area contributed by atoms with Gasteiger partial charge in [-0.2, -0.15) is 4.68 Å². The fraction of sp³-hybridized carbons (Fsp3) is 0.136. The number of nitrogens with zero attached hydrogens (tertiary/aromatic N) is 2. The molecule has 30 heavy (non-hydrogen) atoms. The highest BCUT2D eigenvalue weighted by atomic mass is 35.5. The van der Waals surface area contributed by atoms with Crippen LogP contribution in [0.5, 0.6) is 0 Å². The minimum Gasteiger partial charge on any atom is -0.320 e. The number of para-hydroxylation sites is 1. The maximum Gasteiger partial charge on any atom is 0.277 e. The Morgan fingerprint density at radius 3 is 2.57 bits per heavy atom. The number of nitrogens with one attached hydrogen (secondary N) is 2. The largest absolute Gasteiger partial charge is 0.320 e. The number of benzene rings is 2. The molecule has 0 spiro atoms. The fourth-order valence-electron chi connectivity index (χ4n) is 3.15. The average Bonchev–Trinajstić information content (AvgIpc) is 3.25. The maximum atomic E-state index is 13.0. The van der Waals surface area contributed by atoms with Gasteiger partial charge in [-0.1, -0.05) is 65.4 Å². The van der Waals surface area contributed by atoms with Crippen LogP contribution in [0.15, 0.2) is 59.4 Å². The lowest BCUT2D eigenvalue weighted by atomic mass is 10.1. The number of hydrogen-bond donors (Lipinski definition) is 2. The second kappa shape index (κ2) is 8.30. The highest BCUT2D eigenvalue weighted by molar-refractivity contribution is 7.16. The average molecular weight is 439 g/mol.